The maximum atomic E-state index is 13.3. The molecule has 0 spiro atoms. The number of nitrogen functional groups attached to an aromatic ring is 1. The summed E-state index contributed by atoms with van der Waals surface area (Å²) >= 11 is 1.73. The Kier molecular flexibility index (Phi) is 4.19. The van der Waals surface area contributed by atoms with Crippen molar-refractivity contribution in [2.45, 2.75) is 19.1 Å². The summed E-state index contributed by atoms with van der Waals surface area (Å²) in [5, 5.41) is 3.85. The number of anilines is 1. The number of para-hydroxylation sites is 1. The van der Waals surface area contributed by atoms with E-state index >= 15 is 0 Å². The first-order valence-electron chi connectivity index (χ1n) is 5.67. The molecule has 1 aromatic heterocycles. The highest BCUT2D eigenvalue weighted by atomic mass is 32.2. The molecular formula is C12H14FN3OS. The Morgan fingerprint density at radius 1 is 1.44 bits per heavy atom. The van der Waals surface area contributed by atoms with Crippen molar-refractivity contribution in [3.05, 3.63) is 29.8 Å². The number of hydrogen-bond acceptors (Lipinski definition) is 5. The molecule has 6 heteroatoms. The molecule has 0 saturated heterocycles. The minimum atomic E-state index is -0.479. The van der Waals surface area contributed by atoms with Gasteiger partial charge in [-0.1, -0.05) is 18.1 Å². The highest BCUT2D eigenvalue weighted by molar-refractivity contribution is 7.98. The third-order valence-corrected chi connectivity index (χ3v) is 3.49. The molecule has 2 rings (SSSR count). The molecule has 2 N–H and O–H groups in total. The van der Waals surface area contributed by atoms with Gasteiger partial charge < -0.3 is 10.3 Å². The van der Waals surface area contributed by atoms with Gasteiger partial charge in [0.1, 0.15) is 5.82 Å². The zero-order valence-corrected chi connectivity index (χ0v) is 10.8. The lowest BCUT2D eigenvalue weighted by Crippen LogP contribution is -1.94. The minimum absolute atomic E-state index is 0.0360. The van der Waals surface area contributed by atoms with E-state index in [0.29, 0.717) is 17.1 Å². The first-order chi connectivity index (χ1) is 8.72. The average molecular weight is 267 g/mol. The molecule has 0 aliphatic rings. The predicted octanol–water partition coefficient (Wildman–Crippen LogP) is 3.10. The van der Waals surface area contributed by atoms with E-state index in [0.717, 1.165) is 12.2 Å². The molecule has 4 nitrogen and oxygen atoms in total. The third kappa shape index (κ3) is 2.81. The number of aromatic nitrogens is 2. The van der Waals surface area contributed by atoms with Gasteiger partial charge in [0.05, 0.1) is 17.0 Å². The van der Waals surface area contributed by atoms with Crippen molar-refractivity contribution in [1.82, 2.24) is 10.1 Å². The van der Waals surface area contributed by atoms with E-state index in [4.69, 9.17) is 10.3 Å². The minimum Gasteiger partial charge on any atom is -0.396 e. The van der Waals surface area contributed by atoms with E-state index in [-0.39, 0.29) is 11.6 Å². The summed E-state index contributed by atoms with van der Waals surface area (Å²) in [5.74, 6) is 2.12. The molecule has 0 bridgehead atoms. The highest BCUT2D eigenvalue weighted by Gasteiger charge is 2.13. The predicted molar refractivity (Wildman–Crippen MR) is 70.6 cm³/mol. The smallest absolute Gasteiger partial charge is 0.260 e. The van der Waals surface area contributed by atoms with Gasteiger partial charge in [-0.05, 0) is 24.3 Å². The van der Waals surface area contributed by atoms with E-state index in [1.54, 1.807) is 23.9 Å². The molecule has 0 unspecified atom stereocenters. The van der Waals surface area contributed by atoms with Gasteiger partial charge in [0.15, 0.2) is 5.82 Å². The topological polar surface area (TPSA) is 64.9 Å². The van der Waals surface area contributed by atoms with Gasteiger partial charge in [-0.3, -0.25) is 0 Å². The quantitative estimate of drug-likeness (QED) is 0.666. The Balaban J connectivity index is 2.16. The van der Waals surface area contributed by atoms with Crippen molar-refractivity contribution in [2.75, 3.05) is 11.5 Å². The molecular weight excluding hydrogens is 253 g/mol. The van der Waals surface area contributed by atoms with Crippen molar-refractivity contribution >= 4 is 17.4 Å². The lowest BCUT2D eigenvalue weighted by atomic mass is 10.2. The zero-order chi connectivity index (χ0) is 13.0. The summed E-state index contributed by atoms with van der Waals surface area (Å²) in [6, 6.07) is 4.53. The van der Waals surface area contributed by atoms with E-state index in [9.17, 15) is 4.39 Å². The van der Waals surface area contributed by atoms with Crippen LogP contribution < -0.4 is 5.73 Å². The second kappa shape index (κ2) is 5.86. The standard InChI is InChI=1S/C12H14FN3OS/c1-2-6-18-7-10-15-12(17-16-10)8-4-3-5-9(13)11(8)14/h3-5H,2,6-7,14H2,1H3. The fourth-order valence-corrected chi connectivity index (χ4v) is 2.19. The lowest BCUT2D eigenvalue weighted by Gasteiger charge is -2.00. The molecule has 0 saturated carbocycles. The summed E-state index contributed by atoms with van der Waals surface area (Å²) in [4.78, 5) is 4.21. The van der Waals surface area contributed by atoms with Crippen LogP contribution in [0, 0.1) is 5.82 Å². The number of thioether (sulfide) groups is 1. The van der Waals surface area contributed by atoms with Crippen LogP contribution in [0.15, 0.2) is 22.7 Å². The van der Waals surface area contributed by atoms with Crippen LogP contribution in [0.1, 0.15) is 19.2 Å². The maximum absolute atomic E-state index is 13.3. The van der Waals surface area contributed by atoms with Gasteiger partial charge >= 0.3 is 0 Å². The van der Waals surface area contributed by atoms with Crippen LogP contribution in [-0.2, 0) is 5.75 Å². The Morgan fingerprint density at radius 3 is 3.06 bits per heavy atom. The summed E-state index contributed by atoms with van der Waals surface area (Å²) < 4.78 is 18.4. The summed E-state index contributed by atoms with van der Waals surface area (Å²) in [6.07, 6.45) is 1.10. The fourth-order valence-electron chi connectivity index (χ4n) is 1.45. The van der Waals surface area contributed by atoms with Crippen LogP contribution in [0.5, 0.6) is 0 Å². The molecule has 0 aliphatic heterocycles. The van der Waals surface area contributed by atoms with Crippen LogP contribution in [0.2, 0.25) is 0 Å². The fraction of sp³-hybridized carbons (Fsp3) is 0.333. The SMILES string of the molecule is CCCSCc1noc(-c2cccc(F)c2N)n1. The Labute approximate surface area is 109 Å². The van der Waals surface area contributed by atoms with E-state index < -0.39 is 5.82 Å². The third-order valence-electron chi connectivity index (χ3n) is 2.33. The highest BCUT2D eigenvalue weighted by Crippen LogP contribution is 2.26. The maximum Gasteiger partial charge on any atom is 0.260 e. The Morgan fingerprint density at radius 2 is 2.28 bits per heavy atom. The van der Waals surface area contributed by atoms with Crippen molar-refractivity contribution in [1.29, 1.82) is 0 Å². The summed E-state index contributed by atoms with van der Waals surface area (Å²) in [5.41, 5.74) is 6.11. The number of nitrogens with two attached hydrogens (primary N) is 1. The number of rotatable bonds is 5. The first-order valence-corrected chi connectivity index (χ1v) is 6.82. The van der Waals surface area contributed by atoms with Gasteiger partial charge in [-0.15, -0.1) is 0 Å². The van der Waals surface area contributed by atoms with Crippen LogP contribution in [0.3, 0.4) is 0 Å². The summed E-state index contributed by atoms with van der Waals surface area (Å²) in [6.45, 7) is 2.11. The first kappa shape index (κ1) is 12.9. The van der Waals surface area contributed by atoms with Crippen molar-refractivity contribution in [2.24, 2.45) is 0 Å². The number of halogens is 1. The van der Waals surface area contributed by atoms with Gasteiger partial charge in [-0.2, -0.15) is 16.7 Å². The molecule has 0 atom stereocenters. The van der Waals surface area contributed by atoms with E-state index in [1.165, 1.54) is 6.07 Å². The van der Waals surface area contributed by atoms with Crippen LogP contribution in [-0.4, -0.2) is 15.9 Å². The second-order valence-electron chi connectivity index (χ2n) is 3.77. The lowest BCUT2D eigenvalue weighted by molar-refractivity contribution is 0.425. The van der Waals surface area contributed by atoms with Crippen molar-refractivity contribution in [3.63, 3.8) is 0 Å². The van der Waals surface area contributed by atoms with E-state index in [1.807, 2.05) is 0 Å². The van der Waals surface area contributed by atoms with Crippen LogP contribution in [0.4, 0.5) is 10.1 Å². The number of benzene rings is 1. The molecule has 0 radical (unpaired) electrons. The average Bonchev–Trinajstić information content (AvgIpc) is 2.82. The largest absolute Gasteiger partial charge is 0.396 e. The molecule has 0 aliphatic carbocycles. The number of nitrogens with zero attached hydrogens (tertiary/aromatic N) is 2. The number of hydrogen-bond donors (Lipinski definition) is 1. The zero-order valence-electron chi connectivity index (χ0n) is 10.0. The second-order valence-corrected chi connectivity index (χ2v) is 4.87. The van der Waals surface area contributed by atoms with Gasteiger partial charge in [0, 0.05) is 0 Å². The molecule has 1 heterocycles. The molecule has 2 aromatic rings. The Bertz CT molecular complexity index is 530. The molecule has 1 aromatic carbocycles. The molecule has 18 heavy (non-hydrogen) atoms. The van der Waals surface area contributed by atoms with Gasteiger partial charge in [-0.25, -0.2) is 4.39 Å². The normalized spacial score (nSPS) is 10.8. The van der Waals surface area contributed by atoms with Crippen LogP contribution >= 0.6 is 11.8 Å². The van der Waals surface area contributed by atoms with Crippen molar-refractivity contribution < 1.29 is 8.91 Å². The van der Waals surface area contributed by atoms with E-state index in [2.05, 4.69) is 17.1 Å². The van der Waals surface area contributed by atoms with Gasteiger partial charge in [0.2, 0.25) is 0 Å². The van der Waals surface area contributed by atoms with Crippen LogP contribution in [0.25, 0.3) is 11.5 Å². The summed E-state index contributed by atoms with van der Waals surface area (Å²) in [7, 11) is 0. The monoisotopic (exact) mass is 267 g/mol. The molecule has 0 amide bonds. The van der Waals surface area contributed by atoms with Gasteiger partial charge in [0.25, 0.3) is 5.89 Å². The van der Waals surface area contributed by atoms with Crippen molar-refractivity contribution in [3.8, 4) is 11.5 Å². The Hall–Kier alpha value is -1.56. The molecule has 96 valence electrons. The molecule has 0 fully saturated rings.